The van der Waals surface area contributed by atoms with Crippen molar-refractivity contribution in [2.45, 2.75) is 13.3 Å². The Morgan fingerprint density at radius 2 is 2.25 bits per heavy atom. The Balaban J connectivity index is 2.53. The molecule has 0 unspecified atom stereocenters. The Kier molecular flexibility index (Phi) is 1.65. The lowest BCUT2D eigenvalue weighted by molar-refractivity contribution is 1.05. The van der Waals surface area contributed by atoms with Crippen LogP contribution in [0.4, 0.5) is 5.69 Å². The molecule has 2 rings (SSSR count). The van der Waals surface area contributed by atoms with Gasteiger partial charge in [0, 0.05) is 17.8 Å². The van der Waals surface area contributed by atoms with E-state index in [1.54, 1.807) is 0 Å². The van der Waals surface area contributed by atoms with Crippen molar-refractivity contribution in [2.24, 2.45) is 0 Å². The molecule has 1 N–H and O–H groups in total. The minimum Gasteiger partial charge on any atom is -0.384 e. The highest BCUT2D eigenvalue weighted by Crippen LogP contribution is 2.29. The summed E-state index contributed by atoms with van der Waals surface area (Å²) in [6, 6.07) is 6.47. The van der Waals surface area contributed by atoms with Crippen LogP contribution in [0.25, 0.3) is 5.57 Å². The lowest BCUT2D eigenvalue weighted by atomic mass is 9.97. The number of benzene rings is 1. The van der Waals surface area contributed by atoms with Gasteiger partial charge in [-0.25, -0.2) is 0 Å². The SMILES string of the molecule is C=C1CCNc2cc(C)ccc21. The maximum Gasteiger partial charge on any atom is 0.0419 e. The molecule has 0 aliphatic carbocycles. The summed E-state index contributed by atoms with van der Waals surface area (Å²) in [5.41, 5.74) is 5.08. The third-order valence-corrected chi connectivity index (χ3v) is 2.30. The molecule has 0 amide bonds. The van der Waals surface area contributed by atoms with Crippen LogP contribution in [0.1, 0.15) is 17.5 Å². The van der Waals surface area contributed by atoms with Gasteiger partial charge in [-0.1, -0.05) is 18.7 Å². The van der Waals surface area contributed by atoms with E-state index in [4.69, 9.17) is 0 Å². The number of aryl methyl sites for hydroxylation is 1. The van der Waals surface area contributed by atoms with Crippen LogP contribution >= 0.6 is 0 Å². The Bertz CT molecular complexity index is 326. The Labute approximate surface area is 73.1 Å². The standard InChI is InChI=1S/C11H13N/c1-8-3-4-10-9(2)5-6-12-11(10)7-8/h3-4,7,12H,2,5-6H2,1H3. The van der Waals surface area contributed by atoms with E-state index in [-0.39, 0.29) is 0 Å². The number of rotatable bonds is 0. The van der Waals surface area contributed by atoms with Crippen molar-refractivity contribution in [3.05, 3.63) is 35.9 Å². The maximum atomic E-state index is 4.05. The van der Waals surface area contributed by atoms with E-state index < -0.39 is 0 Å². The van der Waals surface area contributed by atoms with E-state index in [1.165, 1.54) is 22.4 Å². The van der Waals surface area contributed by atoms with Crippen LogP contribution in [0.15, 0.2) is 24.8 Å². The molecule has 0 fully saturated rings. The summed E-state index contributed by atoms with van der Waals surface area (Å²) in [4.78, 5) is 0. The smallest absolute Gasteiger partial charge is 0.0419 e. The van der Waals surface area contributed by atoms with Crippen LogP contribution < -0.4 is 5.32 Å². The van der Waals surface area contributed by atoms with Gasteiger partial charge in [0.25, 0.3) is 0 Å². The molecule has 0 spiro atoms. The van der Waals surface area contributed by atoms with Crippen molar-refractivity contribution in [3.63, 3.8) is 0 Å². The molecule has 0 saturated heterocycles. The Morgan fingerprint density at radius 1 is 1.42 bits per heavy atom. The third kappa shape index (κ3) is 1.11. The Morgan fingerprint density at radius 3 is 3.08 bits per heavy atom. The summed E-state index contributed by atoms with van der Waals surface area (Å²) in [6.07, 6.45) is 1.07. The number of hydrogen-bond acceptors (Lipinski definition) is 1. The first-order chi connectivity index (χ1) is 5.77. The predicted molar refractivity (Wildman–Crippen MR) is 53.3 cm³/mol. The third-order valence-electron chi connectivity index (χ3n) is 2.30. The summed E-state index contributed by atoms with van der Waals surface area (Å²) in [7, 11) is 0. The summed E-state index contributed by atoms with van der Waals surface area (Å²) < 4.78 is 0. The molecule has 1 heteroatoms. The van der Waals surface area contributed by atoms with Gasteiger partial charge in [-0.3, -0.25) is 0 Å². The normalized spacial score (nSPS) is 15.2. The second-order valence-corrected chi connectivity index (χ2v) is 3.33. The molecule has 1 aliphatic heterocycles. The zero-order valence-corrected chi connectivity index (χ0v) is 7.35. The fourth-order valence-electron chi connectivity index (χ4n) is 1.60. The molecule has 0 saturated carbocycles. The highest BCUT2D eigenvalue weighted by Gasteiger charge is 2.10. The average Bonchev–Trinajstić information content (AvgIpc) is 2.04. The van der Waals surface area contributed by atoms with E-state index in [9.17, 15) is 0 Å². The second kappa shape index (κ2) is 2.67. The minimum absolute atomic E-state index is 1.02. The van der Waals surface area contributed by atoms with Gasteiger partial charge < -0.3 is 5.32 Å². The summed E-state index contributed by atoms with van der Waals surface area (Å²) in [5.74, 6) is 0. The van der Waals surface area contributed by atoms with Crippen LogP contribution in [0, 0.1) is 6.92 Å². The highest BCUT2D eigenvalue weighted by atomic mass is 14.9. The number of hydrogen-bond donors (Lipinski definition) is 1. The second-order valence-electron chi connectivity index (χ2n) is 3.33. The maximum absolute atomic E-state index is 4.05. The predicted octanol–water partition coefficient (Wildman–Crippen LogP) is 2.82. The first-order valence-corrected chi connectivity index (χ1v) is 4.30. The van der Waals surface area contributed by atoms with Crippen LogP contribution in [0.3, 0.4) is 0 Å². The molecule has 12 heavy (non-hydrogen) atoms. The zero-order chi connectivity index (χ0) is 8.55. The quantitative estimate of drug-likeness (QED) is 0.613. The van der Waals surface area contributed by atoms with Crippen molar-refractivity contribution < 1.29 is 0 Å². The van der Waals surface area contributed by atoms with Gasteiger partial charge in [-0.2, -0.15) is 0 Å². The van der Waals surface area contributed by atoms with Crippen LogP contribution in [0.2, 0.25) is 0 Å². The lowest BCUT2D eigenvalue weighted by Gasteiger charge is -2.20. The van der Waals surface area contributed by atoms with Gasteiger partial charge in [-0.05, 0) is 30.5 Å². The molecule has 0 atom stereocenters. The van der Waals surface area contributed by atoms with Gasteiger partial charge in [0.15, 0.2) is 0 Å². The highest BCUT2D eigenvalue weighted by molar-refractivity contribution is 5.78. The van der Waals surface area contributed by atoms with Gasteiger partial charge >= 0.3 is 0 Å². The fourth-order valence-corrected chi connectivity index (χ4v) is 1.60. The summed E-state index contributed by atoms with van der Waals surface area (Å²) in [5, 5.41) is 3.37. The zero-order valence-electron chi connectivity index (χ0n) is 7.35. The molecule has 1 aliphatic rings. The van der Waals surface area contributed by atoms with Crippen molar-refractivity contribution in [2.75, 3.05) is 11.9 Å². The van der Waals surface area contributed by atoms with E-state index >= 15 is 0 Å². The first-order valence-electron chi connectivity index (χ1n) is 4.30. The topological polar surface area (TPSA) is 12.0 Å². The Hall–Kier alpha value is -1.24. The molecule has 1 aromatic carbocycles. The van der Waals surface area contributed by atoms with Crippen molar-refractivity contribution >= 4 is 11.3 Å². The van der Waals surface area contributed by atoms with E-state index in [2.05, 4.69) is 37.0 Å². The molecule has 0 bridgehead atoms. The average molecular weight is 159 g/mol. The molecule has 0 aromatic heterocycles. The first kappa shape index (κ1) is 7.41. The van der Waals surface area contributed by atoms with Crippen molar-refractivity contribution in [3.8, 4) is 0 Å². The molecule has 0 radical (unpaired) electrons. The molecule has 1 aromatic rings. The van der Waals surface area contributed by atoms with E-state index in [1.807, 2.05) is 0 Å². The van der Waals surface area contributed by atoms with E-state index in [0.717, 1.165) is 13.0 Å². The number of anilines is 1. The minimum atomic E-state index is 1.02. The lowest BCUT2D eigenvalue weighted by Crippen LogP contribution is -2.10. The largest absolute Gasteiger partial charge is 0.384 e. The monoisotopic (exact) mass is 159 g/mol. The van der Waals surface area contributed by atoms with Crippen LogP contribution in [0.5, 0.6) is 0 Å². The molecular formula is C11H13N. The number of nitrogens with one attached hydrogen (secondary N) is 1. The van der Waals surface area contributed by atoms with Gasteiger partial charge in [0.05, 0.1) is 0 Å². The fraction of sp³-hybridized carbons (Fsp3) is 0.273. The molecule has 62 valence electrons. The molecule has 1 heterocycles. The summed E-state index contributed by atoms with van der Waals surface area (Å²) >= 11 is 0. The van der Waals surface area contributed by atoms with Crippen LogP contribution in [-0.4, -0.2) is 6.54 Å². The van der Waals surface area contributed by atoms with Crippen molar-refractivity contribution in [1.82, 2.24) is 0 Å². The molecular weight excluding hydrogens is 146 g/mol. The van der Waals surface area contributed by atoms with Crippen LogP contribution in [-0.2, 0) is 0 Å². The number of fused-ring (bicyclic) bond motifs is 1. The van der Waals surface area contributed by atoms with Gasteiger partial charge in [0.1, 0.15) is 0 Å². The van der Waals surface area contributed by atoms with Gasteiger partial charge in [-0.15, -0.1) is 0 Å². The van der Waals surface area contributed by atoms with Crippen molar-refractivity contribution in [1.29, 1.82) is 0 Å². The molecule has 1 nitrogen and oxygen atoms in total. The van der Waals surface area contributed by atoms with Gasteiger partial charge in [0.2, 0.25) is 0 Å². The van der Waals surface area contributed by atoms with E-state index in [0.29, 0.717) is 0 Å². The summed E-state index contributed by atoms with van der Waals surface area (Å²) in [6.45, 7) is 7.18.